The number of carbonyl (C=O) groups excluding carboxylic acids is 1. The Hall–Kier alpha value is -7.29. The Kier molecular flexibility index (Phi) is 16.4. The highest BCUT2D eigenvalue weighted by Gasteiger charge is 2.29. The molecule has 2 atom stereocenters. The Bertz CT molecular complexity index is 2880. The van der Waals surface area contributed by atoms with Gasteiger partial charge in [-0.15, -0.1) is 0 Å². The van der Waals surface area contributed by atoms with E-state index in [9.17, 15) is 15.3 Å². The molecule has 4 fully saturated rings. The number of nitrogens with zero attached hydrogens (tertiary/aromatic N) is 11. The minimum absolute atomic E-state index is 0.108. The van der Waals surface area contributed by atoms with Gasteiger partial charge in [-0.05, 0) is 84.8 Å². The molecule has 6 aromatic rings. The molecule has 0 unspecified atom stereocenters. The van der Waals surface area contributed by atoms with Gasteiger partial charge in [-0.1, -0.05) is 12.1 Å². The summed E-state index contributed by atoms with van der Waals surface area (Å²) in [5, 5.41) is 31.7. The first-order valence-corrected chi connectivity index (χ1v) is 24.3. The van der Waals surface area contributed by atoms with Gasteiger partial charge in [-0.3, -0.25) is 24.6 Å². The van der Waals surface area contributed by atoms with Gasteiger partial charge in [-0.2, -0.15) is 10.5 Å². The molecule has 2 aromatic carbocycles. The normalized spacial score (nSPS) is 18.0. The van der Waals surface area contributed by atoms with E-state index in [1.807, 2.05) is 54.9 Å². The minimum atomic E-state index is -0.512. The quantitative estimate of drug-likeness (QED) is 0.130. The van der Waals surface area contributed by atoms with Crippen LogP contribution in [-0.2, 0) is 40.2 Å². The molecule has 18 heteroatoms. The number of benzene rings is 2. The number of nitriles is 2. The average molecular weight is 971 g/mol. The lowest BCUT2D eigenvalue weighted by molar-refractivity contribution is -0.133. The number of hydrogen-bond donors (Lipinski definition) is 2. The lowest BCUT2D eigenvalue weighted by Crippen LogP contribution is -2.51. The number of carbonyl (C=O) groups is 1. The Balaban J connectivity index is 0.000000179. The minimum Gasteiger partial charge on any atom is -0.488 e. The number of methoxy groups -OCH3 is 2. The topological polar surface area (TPSA) is 221 Å². The average Bonchev–Trinajstić information content (AvgIpc) is 4.10. The van der Waals surface area contributed by atoms with Crippen LogP contribution in [0.2, 0.25) is 0 Å². The molecule has 4 saturated heterocycles. The summed E-state index contributed by atoms with van der Waals surface area (Å²) in [5.41, 5.74) is 8.23. The van der Waals surface area contributed by atoms with Crippen molar-refractivity contribution < 1.29 is 28.8 Å². The summed E-state index contributed by atoms with van der Waals surface area (Å²) in [5.74, 6) is 2.16. The number of pyridine rings is 2. The fraction of sp³-hybridized carbons (Fsp3) is 0.389. The summed E-state index contributed by atoms with van der Waals surface area (Å²) in [7, 11) is 3.50. The fourth-order valence-corrected chi connectivity index (χ4v) is 9.02. The molecule has 8 heterocycles. The first-order chi connectivity index (χ1) is 35.2. The van der Waals surface area contributed by atoms with Gasteiger partial charge in [0.25, 0.3) is 0 Å². The van der Waals surface area contributed by atoms with E-state index < -0.39 is 6.61 Å². The molecular weight excluding hydrogens is 913 g/mol. The zero-order valence-corrected chi connectivity index (χ0v) is 40.6. The molecule has 4 aromatic heterocycles. The predicted octanol–water partition coefficient (Wildman–Crippen LogP) is 4.38. The number of likely N-dealkylation sites (tertiary alicyclic amines) is 3. The summed E-state index contributed by atoms with van der Waals surface area (Å²) in [6.45, 7) is 7.60. The van der Waals surface area contributed by atoms with Gasteiger partial charge in [-0.25, -0.2) is 19.9 Å². The molecule has 4 aliphatic heterocycles. The van der Waals surface area contributed by atoms with E-state index in [0.29, 0.717) is 84.5 Å². The largest absolute Gasteiger partial charge is 0.488 e. The first-order valence-electron chi connectivity index (χ1n) is 24.3. The predicted molar refractivity (Wildman–Crippen MR) is 265 cm³/mol. The lowest BCUT2D eigenvalue weighted by atomic mass is 10.1. The van der Waals surface area contributed by atoms with Crippen LogP contribution < -0.4 is 14.8 Å². The third-order valence-corrected chi connectivity index (χ3v) is 13.2. The Morgan fingerprint density at radius 3 is 1.64 bits per heavy atom. The van der Waals surface area contributed by atoms with Crippen LogP contribution in [-0.4, -0.2) is 153 Å². The standard InChI is InChI=1S/C28H30N6O4.C26H28N6O2/c1-37-24-15-33(16-24)14-22-4-2-19(13-31-22)10-27-30-8-6-25(32-27)20-3-5-26(21(11-20)12-29)38-23-7-9-34(17-23)28(36)18-35;1-33-23-16-32(17-23)15-21-4-2-18(13-30-21)10-26-29-9-7-24(31-26)19-3-5-25(20(11-19)12-27)34-22-6-8-28-14-22/h2-6,8,11,13,23-24,35H,7,9-10,14-18H2,1H3;2-5,7,9,11,13,22-23,28H,6,8,10,14-17H2,1H3/t23-;22-/m11/s1. The van der Waals surface area contributed by atoms with Crippen molar-refractivity contribution in [3.63, 3.8) is 0 Å². The number of ether oxygens (including phenoxy) is 4. The smallest absolute Gasteiger partial charge is 0.248 e. The van der Waals surface area contributed by atoms with Crippen molar-refractivity contribution in [3.05, 3.63) is 143 Å². The molecular formula is C54H58N12O6. The van der Waals surface area contributed by atoms with E-state index in [1.165, 1.54) is 0 Å². The number of rotatable bonds is 17. The van der Waals surface area contributed by atoms with E-state index in [4.69, 9.17) is 34.0 Å². The molecule has 10 rings (SSSR count). The van der Waals surface area contributed by atoms with Gasteiger partial charge >= 0.3 is 0 Å². The van der Waals surface area contributed by atoms with E-state index in [0.717, 1.165) is 98.1 Å². The second kappa shape index (κ2) is 23.7. The molecule has 18 nitrogen and oxygen atoms in total. The highest BCUT2D eigenvalue weighted by molar-refractivity contribution is 5.77. The van der Waals surface area contributed by atoms with E-state index in [-0.39, 0.29) is 18.1 Å². The van der Waals surface area contributed by atoms with Crippen molar-refractivity contribution in [3.8, 4) is 46.2 Å². The number of aromatic nitrogens is 6. The molecule has 72 heavy (non-hydrogen) atoms. The molecule has 2 N–H and O–H groups in total. The van der Waals surface area contributed by atoms with Gasteiger partial charge < -0.3 is 34.3 Å². The van der Waals surface area contributed by atoms with Crippen LogP contribution in [0.1, 0.15) is 58.1 Å². The van der Waals surface area contributed by atoms with E-state index in [1.54, 1.807) is 43.6 Å². The Morgan fingerprint density at radius 1 is 0.667 bits per heavy atom. The Labute approximate surface area is 419 Å². The summed E-state index contributed by atoms with van der Waals surface area (Å²) in [6.07, 6.45) is 10.6. The highest BCUT2D eigenvalue weighted by Crippen LogP contribution is 2.29. The molecule has 0 spiro atoms. The first kappa shape index (κ1) is 49.7. The SMILES string of the molecule is COC1CN(Cc2ccc(Cc3nccc(-c4ccc(O[C@@H]5CCN(C(=O)CO)C5)c(C#N)c4)n3)cn2)C1.COC1CN(Cc2ccc(Cc3nccc(-c4ccc(O[C@@H]5CCNC5)c(C#N)c4)n3)cn2)C1. The lowest BCUT2D eigenvalue weighted by Gasteiger charge is -2.37. The maximum atomic E-state index is 11.7. The monoisotopic (exact) mass is 970 g/mol. The van der Waals surface area contributed by atoms with Crippen molar-refractivity contribution in [2.24, 2.45) is 0 Å². The van der Waals surface area contributed by atoms with Crippen LogP contribution >= 0.6 is 0 Å². The number of amides is 1. The van der Waals surface area contributed by atoms with E-state index >= 15 is 0 Å². The van der Waals surface area contributed by atoms with Crippen LogP contribution in [0.5, 0.6) is 11.5 Å². The van der Waals surface area contributed by atoms with Gasteiger partial charge in [0.15, 0.2) is 0 Å². The number of aliphatic hydroxyl groups excluding tert-OH is 1. The van der Waals surface area contributed by atoms with Crippen LogP contribution in [0.3, 0.4) is 0 Å². The molecule has 0 radical (unpaired) electrons. The second-order valence-electron chi connectivity index (χ2n) is 18.4. The number of hydrogen-bond acceptors (Lipinski definition) is 17. The highest BCUT2D eigenvalue weighted by atomic mass is 16.5. The van der Waals surface area contributed by atoms with Crippen LogP contribution in [0.15, 0.2) is 97.6 Å². The van der Waals surface area contributed by atoms with Crippen LogP contribution in [0, 0.1) is 22.7 Å². The van der Waals surface area contributed by atoms with E-state index in [2.05, 4.69) is 65.4 Å². The van der Waals surface area contributed by atoms with Gasteiger partial charge in [0.05, 0.1) is 52.7 Å². The van der Waals surface area contributed by atoms with Crippen molar-refractivity contribution >= 4 is 5.91 Å². The molecule has 0 aliphatic carbocycles. The molecule has 0 bridgehead atoms. The second-order valence-corrected chi connectivity index (χ2v) is 18.4. The van der Waals surface area contributed by atoms with Crippen molar-refractivity contribution in [2.75, 3.05) is 73.2 Å². The van der Waals surface area contributed by atoms with Gasteiger partial charge in [0.2, 0.25) is 5.91 Å². The zero-order valence-electron chi connectivity index (χ0n) is 40.6. The van der Waals surface area contributed by atoms with Crippen LogP contribution in [0.4, 0.5) is 0 Å². The maximum Gasteiger partial charge on any atom is 0.248 e. The third kappa shape index (κ3) is 12.8. The summed E-state index contributed by atoms with van der Waals surface area (Å²) in [4.78, 5) is 45.4. The van der Waals surface area contributed by atoms with Crippen molar-refractivity contribution in [1.82, 2.24) is 49.9 Å². The van der Waals surface area contributed by atoms with Gasteiger partial charge in [0.1, 0.15) is 54.1 Å². The van der Waals surface area contributed by atoms with Crippen LogP contribution in [0.25, 0.3) is 22.5 Å². The van der Waals surface area contributed by atoms with Crippen molar-refractivity contribution in [1.29, 1.82) is 10.5 Å². The van der Waals surface area contributed by atoms with Gasteiger partial charge in [0, 0.05) is 122 Å². The van der Waals surface area contributed by atoms with Crippen molar-refractivity contribution in [2.45, 2.75) is 63.2 Å². The molecule has 0 saturated carbocycles. The summed E-state index contributed by atoms with van der Waals surface area (Å²) >= 11 is 0. The molecule has 370 valence electrons. The number of aliphatic hydroxyl groups is 1. The molecule has 1 amide bonds. The maximum absolute atomic E-state index is 11.7. The third-order valence-electron chi connectivity index (χ3n) is 13.2. The summed E-state index contributed by atoms with van der Waals surface area (Å²) in [6, 6.07) is 27.4. The molecule has 4 aliphatic rings. The Morgan fingerprint density at radius 2 is 1.19 bits per heavy atom. The summed E-state index contributed by atoms with van der Waals surface area (Å²) < 4.78 is 22.7. The zero-order chi connectivity index (χ0) is 49.8. The number of nitrogens with one attached hydrogen (secondary N) is 1. The fourth-order valence-electron chi connectivity index (χ4n) is 9.02.